The summed E-state index contributed by atoms with van der Waals surface area (Å²) in [6.07, 6.45) is 1.08. The summed E-state index contributed by atoms with van der Waals surface area (Å²) in [6, 6.07) is 8.91. The number of imide groups is 1. The third kappa shape index (κ3) is 4.12. The van der Waals surface area contributed by atoms with Crippen LogP contribution in [0.5, 0.6) is 11.5 Å². The molecular weight excluding hydrogens is 394 g/mol. The molecule has 0 saturated heterocycles. The fourth-order valence-electron chi connectivity index (χ4n) is 3.43. The first-order valence-electron chi connectivity index (χ1n) is 9.13. The minimum atomic E-state index is -3.51. The van der Waals surface area contributed by atoms with Gasteiger partial charge in [0.1, 0.15) is 9.84 Å². The topological polar surface area (TPSA) is 90.0 Å². The Bertz CT molecular complexity index is 1080. The van der Waals surface area contributed by atoms with Crippen LogP contribution in [0.3, 0.4) is 0 Å². The Morgan fingerprint density at radius 3 is 2.31 bits per heavy atom. The van der Waals surface area contributed by atoms with Crippen LogP contribution >= 0.6 is 0 Å². The molecule has 0 bridgehead atoms. The van der Waals surface area contributed by atoms with Crippen molar-refractivity contribution >= 4 is 21.7 Å². The van der Waals surface area contributed by atoms with Crippen LogP contribution in [0, 0.1) is 6.92 Å². The van der Waals surface area contributed by atoms with Gasteiger partial charge in [-0.15, -0.1) is 0 Å². The van der Waals surface area contributed by atoms with E-state index >= 15 is 0 Å². The van der Waals surface area contributed by atoms with Gasteiger partial charge in [0.05, 0.1) is 36.6 Å². The maximum Gasteiger partial charge on any atom is 0.262 e. The number of benzene rings is 2. The van der Waals surface area contributed by atoms with Crippen LogP contribution in [0.15, 0.2) is 36.4 Å². The zero-order valence-corrected chi connectivity index (χ0v) is 17.6. The Balaban J connectivity index is 2.11. The second-order valence-electron chi connectivity index (χ2n) is 6.98. The molecule has 0 fully saturated rings. The highest BCUT2D eigenvalue weighted by molar-refractivity contribution is 7.90. The van der Waals surface area contributed by atoms with E-state index in [1.54, 1.807) is 36.4 Å². The van der Waals surface area contributed by atoms with Crippen molar-refractivity contribution < 1.29 is 27.5 Å². The van der Waals surface area contributed by atoms with Crippen molar-refractivity contribution in [3.05, 3.63) is 58.7 Å². The fraction of sp³-hybridized carbons (Fsp3) is 0.333. The maximum atomic E-state index is 13.0. The SMILES string of the molecule is CCOc1cc([C@@H](CS(C)(=O)=O)N2C(=O)c3ccc(C)cc3C2=O)ccc1OC. The number of carbonyl (C=O) groups is 2. The van der Waals surface area contributed by atoms with Crippen molar-refractivity contribution in [1.82, 2.24) is 4.90 Å². The van der Waals surface area contributed by atoms with Crippen LogP contribution in [0.1, 0.15) is 44.8 Å². The molecule has 1 atom stereocenters. The van der Waals surface area contributed by atoms with E-state index in [1.165, 1.54) is 7.11 Å². The normalized spacial score (nSPS) is 14.7. The first-order chi connectivity index (χ1) is 13.7. The van der Waals surface area contributed by atoms with Gasteiger partial charge in [-0.05, 0) is 43.7 Å². The molecule has 0 aromatic heterocycles. The molecule has 154 valence electrons. The molecule has 0 unspecified atom stereocenters. The van der Waals surface area contributed by atoms with Crippen molar-refractivity contribution in [2.45, 2.75) is 19.9 Å². The van der Waals surface area contributed by atoms with E-state index in [-0.39, 0.29) is 11.1 Å². The van der Waals surface area contributed by atoms with Crippen LogP contribution in [-0.4, -0.2) is 50.9 Å². The third-order valence-electron chi connectivity index (χ3n) is 4.72. The molecular formula is C21H23NO6S. The average Bonchev–Trinajstić information content (AvgIpc) is 2.89. The monoisotopic (exact) mass is 417 g/mol. The molecule has 1 heterocycles. The summed E-state index contributed by atoms with van der Waals surface area (Å²) in [5, 5.41) is 0. The fourth-order valence-corrected chi connectivity index (χ4v) is 4.35. The van der Waals surface area contributed by atoms with Gasteiger partial charge in [0.2, 0.25) is 0 Å². The van der Waals surface area contributed by atoms with Gasteiger partial charge in [-0.3, -0.25) is 14.5 Å². The number of ether oxygens (including phenoxy) is 2. The number of fused-ring (bicyclic) bond motifs is 1. The third-order valence-corrected chi connectivity index (χ3v) is 5.64. The summed E-state index contributed by atoms with van der Waals surface area (Å²) in [5.41, 5.74) is 1.88. The summed E-state index contributed by atoms with van der Waals surface area (Å²) >= 11 is 0. The van der Waals surface area contributed by atoms with E-state index in [0.717, 1.165) is 16.7 Å². The standard InChI is InChI=1S/C21H23NO6S/c1-5-28-19-11-14(7-9-18(19)27-3)17(12-29(4,25)26)22-20(23)15-8-6-13(2)10-16(15)21(22)24/h6-11,17H,5,12H2,1-4H3/t17-/m1/s1. The Morgan fingerprint density at radius 1 is 1.00 bits per heavy atom. The molecule has 7 nitrogen and oxygen atoms in total. The largest absolute Gasteiger partial charge is 0.493 e. The lowest BCUT2D eigenvalue weighted by Crippen LogP contribution is -2.37. The number of hydrogen-bond acceptors (Lipinski definition) is 6. The highest BCUT2D eigenvalue weighted by atomic mass is 32.2. The van der Waals surface area contributed by atoms with E-state index in [4.69, 9.17) is 9.47 Å². The van der Waals surface area contributed by atoms with E-state index < -0.39 is 33.4 Å². The van der Waals surface area contributed by atoms with Crippen molar-refractivity contribution in [2.24, 2.45) is 0 Å². The quantitative estimate of drug-likeness (QED) is 0.644. The number of hydrogen-bond donors (Lipinski definition) is 0. The number of rotatable bonds is 7. The second kappa shape index (κ2) is 7.87. The molecule has 0 saturated carbocycles. The van der Waals surface area contributed by atoms with Gasteiger partial charge in [-0.2, -0.15) is 0 Å². The van der Waals surface area contributed by atoms with E-state index in [2.05, 4.69) is 0 Å². The molecule has 1 aliphatic heterocycles. The molecule has 0 spiro atoms. The predicted octanol–water partition coefficient (Wildman–Crippen LogP) is 2.78. The zero-order valence-electron chi connectivity index (χ0n) is 16.8. The Kier molecular flexibility index (Phi) is 5.66. The van der Waals surface area contributed by atoms with Crippen LogP contribution < -0.4 is 9.47 Å². The van der Waals surface area contributed by atoms with Crippen molar-refractivity contribution in [3.63, 3.8) is 0 Å². The Labute approximate surface area is 170 Å². The van der Waals surface area contributed by atoms with Gasteiger partial charge in [-0.1, -0.05) is 17.7 Å². The van der Waals surface area contributed by atoms with E-state index in [0.29, 0.717) is 23.7 Å². The van der Waals surface area contributed by atoms with E-state index in [1.807, 2.05) is 13.8 Å². The molecule has 2 amide bonds. The van der Waals surface area contributed by atoms with Gasteiger partial charge in [0.25, 0.3) is 11.8 Å². The summed E-state index contributed by atoms with van der Waals surface area (Å²) in [5.74, 6) is -0.510. The van der Waals surface area contributed by atoms with Gasteiger partial charge in [-0.25, -0.2) is 8.42 Å². The number of aryl methyl sites for hydroxylation is 1. The van der Waals surface area contributed by atoms with Gasteiger partial charge < -0.3 is 9.47 Å². The summed E-state index contributed by atoms with van der Waals surface area (Å²) in [7, 11) is -2.01. The molecule has 0 aliphatic carbocycles. The molecule has 8 heteroatoms. The van der Waals surface area contributed by atoms with Gasteiger partial charge in [0, 0.05) is 6.26 Å². The average molecular weight is 417 g/mol. The molecule has 2 aromatic carbocycles. The Hall–Kier alpha value is -2.87. The van der Waals surface area contributed by atoms with Crippen LogP contribution in [0.4, 0.5) is 0 Å². The molecule has 2 aromatic rings. The number of methoxy groups -OCH3 is 1. The lowest BCUT2D eigenvalue weighted by Gasteiger charge is -2.26. The predicted molar refractivity (Wildman–Crippen MR) is 108 cm³/mol. The Morgan fingerprint density at radius 2 is 1.69 bits per heavy atom. The van der Waals surface area contributed by atoms with Crippen molar-refractivity contribution in [3.8, 4) is 11.5 Å². The zero-order chi connectivity index (χ0) is 21.3. The number of nitrogens with zero attached hydrogens (tertiary/aromatic N) is 1. The number of carbonyl (C=O) groups excluding carboxylic acids is 2. The first-order valence-corrected chi connectivity index (χ1v) is 11.2. The summed E-state index contributed by atoms with van der Waals surface area (Å²) in [6.45, 7) is 4.02. The molecule has 0 N–H and O–H groups in total. The van der Waals surface area contributed by atoms with Crippen LogP contribution in [0.25, 0.3) is 0 Å². The minimum absolute atomic E-state index is 0.276. The minimum Gasteiger partial charge on any atom is -0.493 e. The number of sulfone groups is 1. The molecule has 0 radical (unpaired) electrons. The smallest absolute Gasteiger partial charge is 0.262 e. The van der Waals surface area contributed by atoms with Gasteiger partial charge in [0.15, 0.2) is 11.5 Å². The van der Waals surface area contributed by atoms with E-state index in [9.17, 15) is 18.0 Å². The lowest BCUT2D eigenvalue weighted by atomic mass is 10.1. The highest BCUT2D eigenvalue weighted by Gasteiger charge is 2.42. The maximum absolute atomic E-state index is 13.0. The first kappa shape index (κ1) is 20.9. The lowest BCUT2D eigenvalue weighted by molar-refractivity contribution is 0.0597. The highest BCUT2D eigenvalue weighted by Crippen LogP contribution is 2.36. The van der Waals surface area contributed by atoms with Crippen LogP contribution in [-0.2, 0) is 9.84 Å². The number of amides is 2. The molecule has 3 rings (SSSR count). The molecule has 29 heavy (non-hydrogen) atoms. The summed E-state index contributed by atoms with van der Waals surface area (Å²) in [4.78, 5) is 27.1. The van der Waals surface area contributed by atoms with Crippen molar-refractivity contribution in [2.75, 3.05) is 25.7 Å². The van der Waals surface area contributed by atoms with Gasteiger partial charge >= 0.3 is 0 Å². The van der Waals surface area contributed by atoms with Crippen molar-refractivity contribution in [1.29, 1.82) is 0 Å². The second-order valence-corrected chi connectivity index (χ2v) is 9.17. The van der Waals surface area contributed by atoms with Crippen LogP contribution in [0.2, 0.25) is 0 Å². The summed E-state index contributed by atoms with van der Waals surface area (Å²) < 4.78 is 35.1. The molecule has 1 aliphatic rings.